The molecule has 0 aliphatic heterocycles. The second-order valence-electron chi connectivity index (χ2n) is 6.51. The number of anilines is 2. The minimum Gasteiger partial charge on any atom is -0.359 e. The first-order valence-corrected chi connectivity index (χ1v) is 8.85. The van der Waals surface area contributed by atoms with Crippen molar-refractivity contribution in [1.82, 2.24) is 15.0 Å². The fraction of sp³-hybridized carbons (Fsp3) is 0.238. The molecule has 6 nitrogen and oxygen atoms in total. The SMILES string of the molecule is Cc1ccc(NC(=O)c2cc(N(C)CCc3ccncc3)nc(C)n2)cc1. The molecule has 138 valence electrons. The van der Waals surface area contributed by atoms with E-state index in [1.54, 1.807) is 25.4 Å². The summed E-state index contributed by atoms with van der Waals surface area (Å²) in [5.74, 6) is 1.05. The Morgan fingerprint density at radius 2 is 1.74 bits per heavy atom. The summed E-state index contributed by atoms with van der Waals surface area (Å²) < 4.78 is 0. The monoisotopic (exact) mass is 361 g/mol. The Bertz CT molecular complexity index is 910. The van der Waals surface area contributed by atoms with Gasteiger partial charge in [-0.3, -0.25) is 9.78 Å². The van der Waals surface area contributed by atoms with Gasteiger partial charge in [0, 0.05) is 37.7 Å². The van der Waals surface area contributed by atoms with Crippen molar-refractivity contribution in [3.8, 4) is 0 Å². The number of hydrogen-bond acceptors (Lipinski definition) is 5. The third-order valence-electron chi connectivity index (χ3n) is 4.24. The van der Waals surface area contributed by atoms with Crippen LogP contribution in [0.15, 0.2) is 54.9 Å². The lowest BCUT2D eigenvalue weighted by atomic mass is 10.2. The van der Waals surface area contributed by atoms with Crippen LogP contribution in [0.25, 0.3) is 0 Å². The molecule has 0 unspecified atom stereocenters. The Morgan fingerprint density at radius 1 is 1.04 bits per heavy atom. The van der Waals surface area contributed by atoms with E-state index in [1.165, 1.54) is 5.56 Å². The summed E-state index contributed by atoms with van der Waals surface area (Å²) in [6, 6.07) is 13.4. The Hall–Kier alpha value is -3.28. The maximum Gasteiger partial charge on any atom is 0.274 e. The number of aryl methyl sites for hydroxylation is 2. The lowest BCUT2D eigenvalue weighted by Gasteiger charge is -2.19. The van der Waals surface area contributed by atoms with Crippen molar-refractivity contribution in [3.63, 3.8) is 0 Å². The molecule has 2 aromatic heterocycles. The Labute approximate surface area is 159 Å². The van der Waals surface area contributed by atoms with Crippen molar-refractivity contribution in [3.05, 3.63) is 77.5 Å². The van der Waals surface area contributed by atoms with Gasteiger partial charge in [-0.25, -0.2) is 9.97 Å². The average Bonchev–Trinajstić information content (AvgIpc) is 2.68. The molecular weight excluding hydrogens is 338 g/mol. The zero-order valence-corrected chi connectivity index (χ0v) is 15.8. The third kappa shape index (κ3) is 5.10. The summed E-state index contributed by atoms with van der Waals surface area (Å²) in [5, 5.41) is 2.88. The van der Waals surface area contributed by atoms with Gasteiger partial charge in [0.1, 0.15) is 17.3 Å². The molecule has 0 atom stereocenters. The first-order chi connectivity index (χ1) is 13.0. The summed E-state index contributed by atoms with van der Waals surface area (Å²) in [7, 11) is 1.96. The van der Waals surface area contributed by atoms with E-state index >= 15 is 0 Å². The summed E-state index contributed by atoms with van der Waals surface area (Å²) >= 11 is 0. The van der Waals surface area contributed by atoms with Crippen LogP contribution in [0, 0.1) is 13.8 Å². The highest BCUT2D eigenvalue weighted by Crippen LogP contribution is 2.15. The number of hydrogen-bond donors (Lipinski definition) is 1. The predicted octanol–water partition coefficient (Wildman–Crippen LogP) is 3.42. The molecule has 0 saturated carbocycles. The van der Waals surface area contributed by atoms with Crippen molar-refractivity contribution >= 4 is 17.4 Å². The summed E-state index contributed by atoms with van der Waals surface area (Å²) in [4.78, 5) is 27.4. The molecule has 0 fully saturated rings. The van der Waals surface area contributed by atoms with Crippen molar-refractivity contribution in [2.75, 3.05) is 23.8 Å². The van der Waals surface area contributed by atoms with Gasteiger partial charge in [0.2, 0.25) is 0 Å². The zero-order valence-electron chi connectivity index (χ0n) is 15.8. The second-order valence-corrected chi connectivity index (χ2v) is 6.51. The molecule has 0 saturated heterocycles. The molecule has 2 heterocycles. The van der Waals surface area contributed by atoms with Gasteiger partial charge in [0.25, 0.3) is 5.91 Å². The Balaban J connectivity index is 1.71. The first-order valence-electron chi connectivity index (χ1n) is 8.85. The van der Waals surface area contributed by atoms with Gasteiger partial charge in [-0.2, -0.15) is 0 Å². The molecule has 1 N–H and O–H groups in total. The number of pyridine rings is 1. The fourth-order valence-electron chi connectivity index (χ4n) is 2.66. The van der Waals surface area contributed by atoms with Gasteiger partial charge in [-0.05, 0) is 50.1 Å². The van der Waals surface area contributed by atoms with Gasteiger partial charge in [0.15, 0.2) is 0 Å². The van der Waals surface area contributed by atoms with Crippen LogP contribution < -0.4 is 10.2 Å². The van der Waals surface area contributed by atoms with E-state index in [2.05, 4.69) is 20.3 Å². The van der Waals surface area contributed by atoms with Crippen LogP contribution in [0.2, 0.25) is 0 Å². The number of nitrogens with one attached hydrogen (secondary N) is 1. The number of aromatic nitrogens is 3. The molecular formula is C21H23N5O. The number of rotatable bonds is 6. The molecule has 0 aliphatic carbocycles. The Kier molecular flexibility index (Phi) is 5.76. The van der Waals surface area contributed by atoms with E-state index in [0.29, 0.717) is 11.5 Å². The first kappa shape index (κ1) is 18.5. The molecule has 0 bridgehead atoms. The highest BCUT2D eigenvalue weighted by atomic mass is 16.1. The van der Waals surface area contributed by atoms with Gasteiger partial charge in [0.05, 0.1) is 0 Å². The molecule has 27 heavy (non-hydrogen) atoms. The van der Waals surface area contributed by atoms with Crippen LogP contribution >= 0.6 is 0 Å². The van der Waals surface area contributed by atoms with Crippen molar-refractivity contribution < 1.29 is 4.79 Å². The summed E-state index contributed by atoms with van der Waals surface area (Å²) in [6.45, 7) is 4.58. The molecule has 1 aromatic carbocycles. The topological polar surface area (TPSA) is 71.0 Å². The highest BCUT2D eigenvalue weighted by molar-refractivity contribution is 6.03. The second kappa shape index (κ2) is 8.40. The average molecular weight is 361 g/mol. The number of benzene rings is 1. The lowest BCUT2D eigenvalue weighted by molar-refractivity contribution is 0.102. The van der Waals surface area contributed by atoms with E-state index < -0.39 is 0 Å². The largest absolute Gasteiger partial charge is 0.359 e. The quantitative estimate of drug-likeness (QED) is 0.728. The number of amides is 1. The lowest BCUT2D eigenvalue weighted by Crippen LogP contribution is -2.23. The van der Waals surface area contributed by atoms with Crippen LogP contribution in [0.3, 0.4) is 0 Å². The molecule has 3 aromatic rings. The predicted molar refractivity (Wildman–Crippen MR) is 107 cm³/mol. The third-order valence-corrected chi connectivity index (χ3v) is 4.24. The smallest absolute Gasteiger partial charge is 0.274 e. The van der Waals surface area contributed by atoms with Gasteiger partial charge < -0.3 is 10.2 Å². The standard InChI is InChI=1S/C21H23N5O/c1-15-4-6-18(7-5-15)25-21(27)19-14-20(24-16(2)23-19)26(3)13-10-17-8-11-22-12-9-17/h4-9,11-12,14H,10,13H2,1-3H3,(H,25,27). The van der Waals surface area contributed by atoms with E-state index in [-0.39, 0.29) is 5.91 Å². The number of nitrogens with zero attached hydrogens (tertiary/aromatic N) is 4. The van der Waals surface area contributed by atoms with Crippen molar-refractivity contribution in [2.45, 2.75) is 20.3 Å². The van der Waals surface area contributed by atoms with Crippen LogP contribution in [-0.4, -0.2) is 34.5 Å². The molecule has 3 rings (SSSR count). The van der Waals surface area contributed by atoms with Crippen LogP contribution in [0.4, 0.5) is 11.5 Å². The van der Waals surface area contributed by atoms with E-state index in [9.17, 15) is 4.79 Å². The van der Waals surface area contributed by atoms with Crippen LogP contribution in [0.5, 0.6) is 0 Å². The summed E-state index contributed by atoms with van der Waals surface area (Å²) in [6.07, 6.45) is 4.45. The number of carbonyl (C=O) groups is 1. The van der Waals surface area contributed by atoms with Crippen molar-refractivity contribution in [2.24, 2.45) is 0 Å². The minimum atomic E-state index is -0.242. The number of likely N-dealkylation sites (N-methyl/N-ethyl adjacent to an activating group) is 1. The van der Waals surface area contributed by atoms with Crippen LogP contribution in [0.1, 0.15) is 27.4 Å². The fourth-order valence-corrected chi connectivity index (χ4v) is 2.66. The van der Waals surface area contributed by atoms with Crippen LogP contribution in [-0.2, 0) is 6.42 Å². The zero-order chi connectivity index (χ0) is 19.2. The van der Waals surface area contributed by atoms with E-state index in [1.807, 2.05) is 55.3 Å². The van der Waals surface area contributed by atoms with E-state index in [0.717, 1.165) is 30.0 Å². The molecule has 0 aliphatic rings. The highest BCUT2D eigenvalue weighted by Gasteiger charge is 2.13. The van der Waals surface area contributed by atoms with Gasteiger partial charge in [-0.15, -0.1) is 0 Å². The molecule has 1 amide bonds. The maximum atomic E-state index is 12.6. The van der Waals surface area contributed by atoms with E-state index in [4.69, 9.17) is 0 Å². The molecule has 0 radical (unpaired) electrons. The number of carbonyl (C=O) groups excluding carboxylic acids is 1. The Morgan fingerprint density at radius 3 is 2.44 bits per heavy atom. The van der Waals surface area contributed by atoms with Crippen molar-refractivity contribution in [1.29, 1.82) is 0 Å². The molecule has 0 spiro atoms. The maximum absolute atomic E-state index is 12.6. The minimum absolute atomic E-state index is 0.242. The summed E-state index contributed by atoms with van der Waals surface area (Å²) in [5.41, 5.74) is 3.45. The normalized spacial score (nSPS) is 10.5. The molecule has 6 heteroatoms. The van der Waals surface area contributed by atoms with Gasteiger partial charge >= 0.3 is 0 Å². The van der Waals surface area contributed by atoms with Gasteiger partial charge in [-0.1, -0.05) is 17.7 Å².